The maximum absolute atomic E-state index is 11.7. The Morgan fingerprint density at radius 2 is 1.88 bits per heavy atom. The monoisotopic (exact) mass is 234 g/mol. The lowest BCUT2D eigenvalue weighted by molar-refractivity contribution is -0.148. The molecule has 3 heteroatoms. The molecule has 0 aliphatic carbocycles. The molecule has 0 amide bonds. The molecular formula is C14H18O3. The summed E-state index contributed by atoms with van der Waals surface area (Å²) in [7, 11) is 0. The highest BCUT2D eigenvalue weighted by atomic mass is 16.6. The third kappa shape index (κ3) is 1.95. The number of carbonyl (C=O) groups excluding carboxylic acids is 1. The smallest absolute Gasteiger partial charge is 0.314 e. The Hall–Kier alpha value is -1.35. The van der Waals surface area contributed by atoms with Crippen molar-refractivity contribution < 1.29 is 14.6 Å². The van der Waals surface area contributed by atoms with Gasteiger partial charge in [0.25, 0.3) is 0 Å². The molecule has 0 unspecified atom stereocenters. The SMILES string of the molecule is C[C@@H](c1ccccc1)[C@H]1OC(=O)C(C)(C)[C@H]1O. The summed E-state index contributed by atoms with van der Waals surface area (Å²) in [5.41, 5.74) is 0.260. The van der Waals surface area contributed by atoms with Crippen LogP contribution in [0.15, 0.2) is 30.3 Å². The Kier molecular flexibility index (Phi) is 2.96. The first-order valence-electron chi connectivity index (χ1n) is 5.88. The van der Waals surface area contributed by atoms with Crippen molar-refractivity contribution in [2.75, 3.05) is 0 Å². The Morgan fingerprint density at radius 3 is 2.35 bits per heavy atom. The number of rotatable bonds is 2. The number of aliphatic hydroxyl groups is 1. The van der Waals surface area contributed by atoms with E-state index < -0.39 is 17.6 Å². The van der Waals surface area contributed by atoms with E-state index in [1.807, 2.05) is 37.3 Å². The largest absolute Gasteiger partial charge is 0.458 e. The molecule has 3 atom stereocenters. The number of benzene rings is 1. The zero-order valence-electron chi connectivity index (χ0n) is 10.4. The Bertz CT molecular complexity index is 411. The fourth-order valence-electron chi connectivity index (χ4n) is 2.19. The van der Waals surface area contributed by atoms with Crippen molar-refractivity contribution in [3.63, 3.8) is 0 Å². The number of cyclic esters (lactones) is 1. The fraction of sp³-hybridized carbons (Fsp3) is 0.500. The molecule has 0 radical (unpaired) electrons. The maximum atomic E-state index is 11.7. The molecule has 0 bridgehead atoms. The van der Waals surface area contributed by atoms with Crippen molar-refractivity contribution in [3.05, 3.63) is 35.9 Å². The highest BCUT2D eigenvalue weighted by molar-refractivity contribution is 5.79. The van der Waals surface area contributed by atoms with E-state index in [1.165, 1.54) is 0 Å². The van der Waals surface area contributed by atoms with E-state index in [1.54, 1.807) is 13.8 Å². The summed E-state index contributed by atoms with van der Waals surface area (Å²) in [6.45, 7) is 5.41. The summed E-state index contributed by atoms with van der Waals surface area (Å²) in [6.07, 6.45) is -1.22. The molecule has 92 valence electrons. The van der Waals surface area contributed by atoms with Crippen LogP contribution in [0.2, 0.25) is 0 Å². The van der Waals surface area contributed by atoms with Crippen molar-refractivity contribution in [2.45, 2.75) is 38.9 Å². The lowest BCUT2D eigenvalue weighted by Gasteiger charge is -2.24. The van der Waals surface area contributed by atoms with Crippen molar-refractivity contribution in [1.29, 1.82) is 0 Å². The highest BCUT2D eigenvalue weighted by Crippen LogP contribution is 2.39. The van der Waals surface area contributed by atoms with E-state index in [2.05, 4.69) is 0 Å². The van der Waals surface area contributed by atoms with Gasteiger partial charge in [-0.2, -0.15) is 0 Å². The highest BCUT2D eigenvalue weighted by Gasteiger charge is 2.52. The number of aliphatic hydroxyl groups excluding tert-OH is 1. The van der Waals surface area contributed by atoms with Gasteiger partial charge >= 0.3 is 5.97 Å². The third-order valence-corrected chi connectivity index (χ3v) is 3.64. The van der Waals surface area contributed by atoms with Gasteiger partial charge in [-0.1, -0.05) is 37.3 Å². The van der Waals surface area contributed by atoms with Gasteiger partial charge in [0.2, 0.25) is 0 Å². The second-order valence-corrected chi connectivity index (χ2v) is 5.24. The third-order valence-electron chi connectivity index (χ3n) is 3.64. The summed E-state index contributed by atoms with van der Waals surface area (Å²) in [4.78, 5) is 11.7. The van der Waals surface area contributed by atoms with E-state index in [4.69, 9.17) is 4.74 Å². The molecule has 1 heterocycles. The van der Waals surface area contributed by atoms with Crippen LogP contribution in [-0.2, 0) is 9.53 Å². The minimum atomic E-state index is -0.812. The number of hydrogen-bond donors (Lipinski definition) is 1. The minimum absolute atomic E-state index is 0.00285. The van der Waals surface area contributed by atoms with Gasteiger partial charge in [0, 0.05) is 5.92 Å². The normalized spacial score (nSPS) is 28.8. The van der Waals surface area contributed by atoms with E-state index in [0.29, 0.717) is 0 Å². The Morgan fingerprint density at radius 1 is 1.29 bits per heavy atom. The van der Waals surface area contributed by atoms with E-state index in [9.17, 15) is 9.90 Å². The van der Waals surface area contributed by atoms with Gasteiger partial charge in [-0.05, 0) is 19.4 Å². The van der Waals surface area contributed by atoms with Crippen molar-refractivity contribution >= 4 is 5.97 Å². The van der Waals surface area contributed by atoms with E-state index in [-0.39, 0.29) is 11.9 Å². The molecule has 3 nitrogen and oxygen atoms in total. The van der Waals surface area contributed by atoms with E-state index >= 15 is 0 Å². The van der Waals surface area contributed by atoms with Gasteiger partial charge in [-0.15, -0.1) is 0 Å². The molecule has 1 saturated heterocycles. The van der Waals surface area contributed by atoms with Crippen LogP contribution in [0.3, 0.4) is 0 Å². The van der Waals surface area contributed by atoms with E-state index in [0.717, 1.165) is 5.56 Å². The molecule has 1 fully saturated rings. The fourth-order valence-corrected chi connectivity index (χ4v) is 2.19. The molecule has 17 heavy (non-hydrogen) atoms. The minimum Gasteiger partial charge on any atom is -0.458 e. The van der Waals surface area contributed by atoms with Crippen LogP contribution in [0, 0.1) is 5.41 Å². The summed E-state index contributed by atoms with van der Waals surface area (Å²) in [5, 5.41) is 10.2. The van der Waals surface area contributed by atoms with Gasteiger partial charge in [0.1, 0.15) is 12.2 Å². The van der Waals surface area contributed by atoms with Crippen molar-refractivity contribution in [2.24, 2.45) is 5.41 Å². The number of hydrogen-bond acceptors (Lipinski definition) is 3. The molecular weight excluding hydrogens is 216 g/mol. The summed E-state index contributed by atoms with van der Waals surface area (Å²) < 4.78 is 5.32. The first-order valence-corrected chi connectivity index (χ1v) is 5.88. The lowest BCUT2D eigenvalue weighted by Crippen LogP contribution is -2.36. The van der Waals surface area contributed by atoms with Crippen LogP contribution in [0.5, 0.6) is 0 Å². The number of esters is 1. The number of ether oxygens (including phenoxy) is 1. The van der Waals surface area contributed by atoms with Gasteiger partial charge in [0.15, 0.2) is 0 Å². The Balaban J connectivity index is 2.23. The second-order valence-electron chi connectivity index (χ2n) is 5.24. The summed E-state index contributed by atoms with van der Waals surface area (Å²) in [6, 6.07) is 9.80. The molecule has 1 aromatic rings. The standard InChI is InChI=1S/C14H18O3/c1-9(10-7-5-4-6-8-10)11-12(15)14(2,3)13(16)17-11/h4-9,11-12,15H,1-3H3/t9-,11+,12-/m0/s1. The molecule has 0 saturated carbocycles. The van der Waals surface area contributed by atoms with Crippen LogP contribution >= 0.6 is 0 Å². The molecule has 1 aliphatic heterocycles. The Labute approximate surface area is 101 Å². The lowest BCUT2D eigenvalue weighted by atomic mass is 9.81. The zero-order chi connectivity index (χ0) is 12.6. The average Bonchev–Trinajstić information content (AvgIpc) is 2.53. The van der Waals surface area contributed by atoms with Crippen LogP contribution < -0.4 is 0 Å². The topological polar surface area (TPSA) is 46.5 Å². The zero-order valence-corrected chi connectivity index (χ0v) is 10.4. The van der Waals surface area contributed by atoms with Gasteiger partial charge < -0.3 is 9.84 Å². The van der Waals surface area contributed by atoms with Gasteiger partial charge in [-0.25, -0.2) is 0 Å². The molecule has 0 spiro atoms. The second kappa shape index (κ2) is 4.15. The van der Waals surface area contributed by atoms with Crippen LogP contribution in [-0.4, -0.2) is 23.3 Å². The number of carbonyl (C=O) groups is 1. The average molecular weight is 234 g/mol. The van der Waals surface area contributed by atoms with Gasteiger partial charge in [-0.3, -0.25) is 4.79 Å². The van der Waals surface area contributed by atoms with Crippen LogP contribution in [0.25, 0.3) is 0 Å². The molecule has 1 N–H and O–H groups in total. The molecule has 1 aliphatic rings. The summed E-state index contributed by atoms with van der Waals surface area (Å²) in [5.74, 6) is -0.324. The quantitative estimate of drug-likeness (QED) is 0.797. The summed E-state index contributed by atoms with van der Waals surface area (Å²) >= 11 is 0. The first-order chi connectivity index (χ1) is 7.94. The van der Waals surface area contributed by atoms with Crippen LogP contribution in [0.4, 0.5) is 0 Å². The maximum Gasteiger partial charge on any atom is 0.314 e. The van der Waals surface area contributed by atoms with Crippen LogP contribution in [0.1, 0.15) is 32.3 Å². The van der Waals surface area contributed by atoms with Gasteiger partial charge in [0.05, 0.1) is 5.41 Å². The predicted molar refractivity (Wildman–Crippen MR) is 64.5 cm³/mol. The predicted octanol–water partition coefficient (Wildman–Crippen LogP) is 2.10. The van der Waals surface area contributed by atoms with Crippen molar-refractivity contribution in [1.82, 2.24) is 0 Å². The molecule has 0 aromatic heterocycles. The first kappa shape index (κ1) is 12.1. The molecule has 2 rings (SSSR count). The molecule has 1 aromatic carbocycles. The van der Waals surface area contributed by atoms with Crippen molar-refractivity contribution in [3.8, 4) is 0 Å².